The number of aryl methyl sites for hydroxylation is 1. The van der Waals surface area contributed by atoms with Gasteiger partial charge in [-0.1, -0.05) is 0 Å². The lowest BCUT2D eigenvalue weighted by Crippen LogP contribution is -2.27. The van der Waals surface area contributed by atoms with Gasteiger partial charge in [-0.3, -0.25) is 15.6 Å². The Bertz CT molecular complexity index is 569. The van der Waals surface area contributed by atoms with Gasteiger partial charge in [0.25, 0.3) is 5.91 Å². The number of anilines is 1. The van der Waals surface area contributed by atoms with Crippen LogP contribution in [0.5, 0.6) is 0 Å². The highest BCUT2D eigenvalue weighted by Crippen LogP contribution is 2.11. The van der Waals surface area contributed by atoms with Crippen LogP contribution in [0, 0.1) is 6.92 Å². The lowest BCUT2D eigenvalue weighted by atomic mass is 10.2. The second-order valence-corrected chi connectivity index (χ2v) is 4.99. The molecule has 0 fully saturated rings. The number of carbonyl (C=O) groups excluding carboxylic acids is 1. The molecule has 100 valence electrons. The second kappa shape index (κ2) is 6.26. The average Bonchev–Trinajstić information content (AvgIpc) is 2.84. The normalized spacial score (nSPS) is 10.2. The topological polar surface area (TPSA) is 92.9 Å². The van der Waals surface area contributed by atoms with Gasteiger partial charge >= 0.3 is 0 Å². The minimum Gasteiger partial charge on any atom is -0.352 e. The van der Waals surface area contributed by atoms with Crippen molar-refractivity contribution in [1.82, 2.24) is 15.3 Å². The lowest BCUT2D eigenvalue weighted by molar-refractivity contribution is 0.0955. The fourth-order valence-corrected chi connectivity index (χ4v) is 2.28. The van der Waals surface area contributed by atoms with Crippen molar-refractivity contribution in [3.8, 4) is 0 Å². The molecule has 1 amide bonds. The van der Waals surface area contributed by atoms with E-state index in [2.05, 4.69) is 20.7 Å². The Labute approximate surface area is 115 Å². The summed E-state index contributed by atoms with van der Waals surface area (Å²) in [5.41, 5.74) is 4.43. The number of rotatable bonds is 5. The van der Waals surface area contributed by atoms with Crippen LogP contribution in [0.2, 0.25) is 0 Å². The minimum absolute atomic E-state index is 0.178. The summed E-state index contributed by atoms with van der Waals surface area (Å²) in [7, 11) is 0. The number of nitrogens with zero attached hydrogens (tertiary/aromatic N) is 2. The number of carbonyl (C=O) groups is 1. The molecule has 2 rings (SSSR count). The first-order valence-electron chi connectivity index (χ1n) is 5.80. The largest absolute Gasteiger partial charge is 0.352 e. The summed E-state index contributed by atoms with van der Waals surface area (Å²) in [6.07, 6.45) is 3.78. The van der Waals surface area contributed by atoms with E-state index in [9.17, 15) is 4.79 Å². The van der Waals surface area contributed by atoms with E-state index in [-0.39, 0.29) is 5.91 Å². The molecule has 0 bridgehead atoms. The molecule has 0 aliphatic heterocycles. The number of aromatic nitrogens is 2. The lowest BCUT2D eigenvalue weighted by Gasteiger charge is -2.08. The molecule has 6 nitrogen and oxygen atoms in total. The summed E-state index contributed by atoms with van der Waals surface area (Å²) in [5.74, 6) is 5.15. The zero-order valence-corrected chi connectivity index (χ0v) is 11.3. The molecule has 0 spiro atoms. The minimum atomic E-state index is -0.178. The van der Waals surface area contributed by atoms with E-state index in [0.717, 1.165) is 10.7 Å². The zero-order chi connectivity index (χ0) is 13.7. The summed E-state index contributed by atoms with van der Waals surface area (Å²) in [5, 5.41) is 5.87. The number of hydrazine groups is 1. The van der Waals surface area contributed by atoms with Crippen molar-refractivity contribution in [2.24, 2.45) is 5.84 Å². The molecule has 19 heavy (non-hydrogen) atoms. The van der Waals surface area contributed by atoms with Crippen LogP contribution < -0.4 is 16.6 Å². The molecular formula is C12H15N5OS. The van der Waals surface area contributed by atoms with Crippen LogP contribution in [0.15, 0.2) is 23.8 Å². The molecule has 0 unspecified atom stereocenters. The maximum absolute atomic E-state index is 12.0. The number of thiazole rings is 1. The van der Waals surface area contributed by atoms with Crippen molar-refractivity contribution in [2.45, 2.75) is 13.3 Å². The fourth-order valence-electron chi connectivity index (χ4n) is 1.63. The highest BCUT2D eigenvalue weighted by molar-refractivity contribution is 7.09. The predicted molar refractivity (Wildman–Crippen MR) is 74.9 cm³/mol. The average molecular weight is 277 g/mol. The molecule has 0 aromatic carbocycles. The van der Waals surface area contributed by atoms with E-state index in [1.54, 1.807) is 23.6 Å². The van der Waals surface area contributed by atoms with Crippen LogP contribution in [-0.2, 0) is 6.42 Å². The third kappa shape index (κ3) is 3.49. The van der Waals surface area contributed by atoms with Gasteiger partial charge in [0.05, 0.1) is 28.1 Å². The first-order valence-corrected chi connectivity index (χ1v) is 6.68. The summed E-state index contributed by atoms with van der Waals surface area (Å²) < 4.78 is 0. The quantitative estimate of drug-likeness (QED) is 0.562. The van der Waals surface area contributed by atoms with Crippen LogP contribution >= 0.6 is 11.3 Å². The number of hydrogen-bond acceptors (Lipinski definition) is 6. The van der Waals surface area contributed by atoms with Gasteiger partial charge in [0.2, 0.25) is 0 Å². The van der Waals surface area contributed by atoms with Crippen molar-refractivity contribution in [3.63, 3.8) is 0 Å². The zero-order valence-electron chi connectivity index (χ0n) is 10.5. The van der Waals surface area contributed by atoms with E-state index < -0.39 is 0 Å². The Morgan fingerprint density at radius 3 is 3.05 bits per heavy atom. The molecule has 4 N–H and O–H groups in total. The van der Waals surface area contributed by atoms with Gasteiger partial charge in [-0.15, -0.1) is 11.3 Å². The predicted octanol–water partition coefficient (Wildman–Crippen LogP) is 1.10. The second-order valence-electron chi connectivity index (χ2n) is 3.93. The number of pyridine rings is 1. The van der Waals surface area contributed by atoms with Crippen LogP contribution in [0.3, 0.4) is 0 Å². The molecule has 7 heteroatoms. The van der Waals surface area contributed by atoms with Crippen LogP contribution in [0.25, 0.3) is 0 Å². The maximum atomic E-state index is 12.0. The summed E-state index contributed by atoms with van der Waals surface area (Å²) >= 11 is 1.61. The number of nitrogen functional groups attached to an aromatic ring is 1. The molecule has 2 aromatic rings. The molecule has 0 radical (unpaired) electrons. The number of hydrogen-bond donors (Lipinski definition) is 3. The molecule has 0 aliphatic carbocycles. The highest BCUT2D eigenvalue weighted by atomic mass is 32.1. The molecular weight excluding hydrogens is 262 g/mol. The Kier molecular flexibility index (Phi) is 4.43. The van der Waals surface area contributed by atoms with Crippen LogP contribution in [0.1, 0.15) is 21.1 Å². The SMILES string of the molecule is Cc1nc(CCNC(=O)c2ccncc2NN)cs1. The van der Waals surface area contributed by atoms with Gasteiger partial charge in [0, 0.05) is 24.5 Å². The van der Waals surface area contributed by atoms with Crippen molar-refractivity contribution in [3.05, 3.63) is 40.1 Å². The van der Waals surface area contributed by atoms with E-state index >= 15 is 0 Å². The van der Waals surface area contributed by atoms with Gasteiger partial charge in [-0.25, -0.2) is 4.98 Å². The monoisotopic (exact) mass is 277 g/mol. The smallest absolute Gasteiger partial charge is 0.253 e. The Morgan fingerprint density at radius 2 is 2.37 bits per heavy atom. The first-order chi connectivity index (χ1) is 9.20. The van der Waals surface area contributed by atoms with Gasteiger partial charge in [-0.2, -0.15) is 0 Å². The van der Waals surface area contributed by atoms with Crippen molar-refractivity contribution in [1.29, 1.82) is 0 Å². The molecule has 0 saturated heterocycles. The maximum Gasteiger partial charge on any atom is 0.253 e. The molecule has 2 aromatic heterocycles. The molecule has 0 saturated carbocycles. The Balaban J connectivity index is 1.90. The van der Waals surface area contributed by atoms with Crippen LogP contribution in [-0.4, -0.2) is 22.4 Å². The van der Waals surface area contributed by atoms with Gasteiger partial charge in [0.1, 0.15) is 0 Å². The van der Waals surface area contributed by atoms with E-state index in [4.69, 9.17) is 5.84 Å². The highest BCUT2D eigenvalue weighted by Gasteiger charge is 2.10. The first kappa shape index (κ1) is 13.4. The third-order valence-electron chi connectivity index (χ3n) is 2.55. The van der Waals surface area contributed by atoms with Crippen LogP contribution in [0.4, 0.5) is 5.69 Å². The molecule has 2 heterocycles. The Morgan fingerprint density at radius 1 is 1.53 bits per heavy atom. The van der Waals surface area contributed by atoms with E-state index in [1.165, 1.54) is 6.20 Å². The van der Waals surface area contributed by atoms with E-state index in [1.807, 2.05) is 12.3 Å². The van der Waals surface area contributed by atoms with Crippen molar-refractivity contribution < 1.29 is 4.79 Å². The van der Waals surface area contributed by atoms with Gasteiger partial charge < -0.3 is 10.7 Å². The molecule has 0 aliphatic rings. The summed E-state index contributed by atoms with van der Waals surface area (Å²) in [6, 6.07) is 1.62. The van der Waals surface area contributed by atoms with Gasteiger partial charge in [-0.05, 0) is 13.0 Å². The standard InChI is InChI=1S/C12H15N5OS/c1-8-16-9(7-19-8)2-5-15-12(18)10-3-4-14-6-11(10)17-13/h3-4,6-7,17H,2,5,13H2,1H3,(H,15,18). The molecule has 0 atom stereocenters. The number of nitrogens with two attached hydrogens (primary N) is 1. The Hall–Kier alpha value is -1.99. The third-order valence-corrected chi connectivity index (χ3v) is 3.38. The number of nitrogens with one attached hydrogen (secondary N) is 2. The van der Waals surface area contributed by atoms with Crippen molar-refractivity contribution >= 4 is 22.9 Å². The van der Waals surface area contributed by atoms with Crippen molar-refractivity contribution in [2.75, 3.05) is 12.0 Å². The number of amides is 1. The summed E-state index contributed by atoms with van der Waals surface area (Å²) in [4.78, 5) is 20.2. The van der Waals surface area contributed by atoms with E-state index in [0.29, 0.717) is 24.2 Å². The van der Waals surface area contributed by atoms with Gasteiger partial charge in [0.15, 0.2) is 0 Å². The fraction of sp³-hybridized carbons (Fsp3) is 0.250. The summed E-state index contributed by atoms with van der Waals surface area (Å²) in [6.45, 7) is 2.50.